The van der Waals surface area contributed by atoms with Crippen molar-refractivity contribution in [2.75, 3.05) is 0 Å². The number of nitrogens with zero attached hydrogens (tertiary/aromatic N) is 2. The number of hydrogen-bond acceptors (Lipinski definition) is 3. The molecule has 4 nitrogen and oxygen atoms in total. The highest BCUT2D eigenvalue weighted by Gasteiger charge is 2.32. The molecule has 1 aliphatic carbocycles. The first-order valence-electron chi connectivity index (χ1n) is 10.7. The maximum absolute atomic E-state index is 13.7. The molecule has 0 N–H and O–H groups in total. The standard InChI is InChI=1S/C26H22F2N2O2/c1-16-29-24-14-13-22(32-21-11-9-20(28)10-12-21)15-23(24)26(31)30(16)25(17-3-2-4-17)18-5-7-19(27)8-6-18/h5-15,17,25H,2-4H2,1H3. The summed E-state index contributed by atoms with van der Waals surface area (Å²) in [5.41, 5.74) is 1.33. The van der Waals surface area contributed by atoms with E-state index in [0.29, 0.717) is 34.1 Å². The Morgan fingerprint density at radius 3 is 2.19 bits per heavy atom. The van der Waals surface area contributed by atoms with E-state index in [4.69, 9.17) is 4.74 Å². The second kappa shape index (κ2) is 8.19. The molecule has 0 saturated heterocycles. The van der Waals surface area contributed by atoms with E-state index in [0.717, 1.165) is 24.8 Å². The highest BCUT2D eigenvalue weighted by Crippen LogP contribution is 2.40. The second-order valence-corrected chi connectivity index (χ2v) is 8.26. The summed E-state index contributed by atoms with van der Waals surface area (Å²) in [5, 5.41) is 0.446. The highest BCUT2D eigenvalue weighted by atomic mass is 19.1. The molecule has 0 bridgehead atoms. The molecular formula is C26H22F2N2O2. The van der Waals surface area contributed by atoms with Crippen LogP contribution >= 0.6 is 0 Å². The number of fused-ring (bicyclic) bond motifs is 1. The van der Waals surface area contributed by atoms with Crippen molar-refractivity contribution in [3.05, 3.63) is 100 Å². The Bertz CT molecular complexity index is 1330. The van der Waals surface area contributed by atoms with Crippen LogP contribution in [0, 0.1) is 24.5 Å². The summed E-state index contributed by atoms with van der Waals surface area (Å²) in [6, 6.07) is 17.1. The van der Waals surface area contributed by atoms with E-state index < -0.39 is 0 Å². The van der Waals surface area contributed by atoms with Crippen LogP contribution in [0.1, 0.15) is 36.7 Å². The lowest BCUT2D eigenvalue weighted by atomic mass is 9.77. The van der Waals surface area contributed by atoms with E-state index >= 15 is 0 Å². The third-order valence-electron chi connectivity index (χ3n) is 6.18. The fraction of sp³-hybridized carbons (Fsp3) is 0.231. The molecule has 0 aliphatic heterocycles. The van der Waals surface area contributed by atoms with Crippen LogP contribution in [0.5, 0.6) is 11.5 Å². The molecule has 1 unspecified atom stereocenters. The number of benzene rings is 3. The molecule has 0 spiro atoms. The van der Waals surface area contributed by atoms with E-state index in [-0.39, 0.29) is 23.2 Å². The SMILES string of the molecule is Cc1nc2ccc(Oc3ccc(F)cc3)cc2c(=O)n1C(c1ccc(F)cc1)C1CCC1. The van der Waals surface area contributed by atoms with Crippen molar-refractivity contribution in [3.63, 3.8) is 0 Å². The minimum absolute atomic E-state index is 0.154. The third-order valence-corrected chi connectivity index (χ3v) is 6.18. The molecule has 32 heavy (non-hydrogen) atoms. The van der Waals surface area contributed by atoms with Gasteiger partial charge in [0, 0.05) is 0 Å². The lowest BCUT2D eigenvalue weighted by molar-refractivity contribution is 0.231. The number of rotatable bonds is 5. The van der Waals surface area contributed by atoms with Gasteiger partial charge in [-0.2, -0.15) is 0 Å². The van der Waals surface area contributed by atoms with Crippen LogP contribution in [0.4, 0.5) is 8.78 Å². The van der Waals surface area contributed by atoms with Gasteiger partial charge in [0.05, 0.1) is 16.9 Å². The van der Waals surface area contributed by atoms with E-state index in [1.807, 2.05) is 6.92 Å². The van der Waals surface area contributed by atoms with E-state index in [9.17, 15) is 13.6 Å². The molecule has 162 valence electrons. The van der Waals surface area contributed by atoms with E-state index in [1.165, 1.54) is 36.4 Å². The van der Waals surface area contributed by atoms with Crippen molar-refractivity contribution in [3.8, 4) is 11.5 Å². The Kier molecular flexibility index (Phi) is 5.21. The summed E-state index contributed by atoms with van der Waals surface area (Å²) in [5.74, 6) is 1.22. The Morgan fingerprint density at radius 1 is 0.938 bits per heavy atom. The zero-order chi connectivity index (χ0) is 22.2. The maximum Gasteiger partial charge on any atom is 0.262 e. The van der Waals surface area contributed by atoms with Crippen molar-refractivity contribution >= 4 is 10.9 Å². The minimum atomic E-state index is -0.346. The molecule has 1 fully saturated rings. The second-order valence-electron chi connectivity index (χ2n) is 8.26. The topological polar surface area (TPSA) is 44.1 Å². The molecule has 0 amide bonds. The molecule has 1 heterocycles. The van der Waals surface area contributed by atoms with Crippen molar-refractivity contribution in [1.29, 1.82) is 0 Å². The average Bonchev–Trinajstić information content (AvgIpc) is 2.74. The van der Waals surface area contributed by atoms with E-state index in [2.05, 4.69) is 4.98 Å². The summed E-state index contributed by atoms with van der Waals surface area (Å²) >= 11 is 0. The van der Waals surface area contributed by atoms with Gasteiger partial charge in [0.1, 0.15) is 29.0 Å². The molecule has 1 aliphatic rings. The van der Waals surface area contributed by atoms with E-state index in [1.54, 1.807) is 34.9 Å². The van der Waals surface area contributed by atoms with Crippen LogP contribution in [0.25, 0.3) is 10.9 Å². The molecule has 4 aromatic rings. The smallest absolute Gasteiger partial charge is 0.262 e. The number of ether oxygens (including phenoxy) is 1. The van der Waals surface area contributed by atoms with Gasteiger partial charge in [-0.25, -0.2) is 13.8 Å². The van der Waals surface area contributed by atoms with Gasteiger partial charge in [-0.05, 0) is 85.8 Å². The number of aryl methyl sites for hydroxylation is 1. The molecule has 3 aromatic carbocycles. The quantitative estimate of drug-likeness (QED) is 0.379. The normalized spacial score (nSPS) is 14.8. The van der Waals surface area contributed by atoms with Crippen molar-refractivity contribution < 1.29 is 13.5 Å². The summed E-state index contributed by atoms with van der Waals surface area (Å²) in [7, 11) is 0. The third kappa shape index (κ3) is 3.77. The number of hydrogen-bond donors (Lipinski definition) is 0. The van der Waals surface area contributed by atoms with Gasteiger partial charge >= 0.3 is 0 Å². The lowest BCUT2D eigenvalue weighted by Gasteiger charge is -2.36. The Morgan fingerprint density at radius 2 is 1.56 bits per heavy atom. The monoisotopic (exact) mass is 432 g/mol. The molecule has 5 rings (SSSR count). The minimum Gasteiger partial charge on any atom is -0.457 e. The lowest BCUT2D eigenvalue weighted by Crippen LogP contribution is -2.35. The van der Waals surface area contributed by atoms with Crippen LogP contribution in [0.2, 0.25) is 0 Å². The number of halogens is 2. The maximum atomic E-state index is 13.7. The Labute approximate surface area is 184 Å². The predicted octanol–water partition coefficient (Wildman–Crippen LogP) is 6.16. The first-order chi connectivity index (χ1) is 15.5. The average molecular weight is 432 g/mol. The zero-order valence-corrected chi connectivity index (χ0v) is 17.6. The molecule has 0 radical (unpaired) electrons. The summed E-state index contributed by atoms with van der Waals surface area (Å²) in [6.07, 6.45) is 3.15. The van der Waals surface area contributed by atoms with Crippen LogP contribution in [-0.4, -0.2) is 9.55 Å². The van der Waals surface area contributed by atoms with Crippen LogP contribution in [-0.2, 0) is 0 Å². The number of aromatic nitrogens is 2. The summed E-state index contributed by atoms with van der Waals surface area (Å²) in [6.45, 7) is 1.83. The van der Waals surface area contributed by atoms with Crippen molar-refractivity contribution in [1.82, 2.24) is 9.55 Å². The van der Waals surface area contributed by atoms with Crippen molar-refractivity contribution in [2.45, 2.75) is 32.2 Å². The highest BCUT2D eigenvalue weighted by molar-refractivity contribution is 5.79. The molecule has 1 saturated carbocycles. The van der Waals surface area contributed by atoms with Gasteiger partial charge < -0.3 is 4.74 Å². The molecule has 1 aromatic heterocycles. The van der Waals surface area contributed by atoms with Crippen LogP contribution in [0.3, 0.4) is 0 Å². The van der Waals surface area contributed by atoms with Gasteiger partial charge in [0.2, 0.25) is 0 Å². The van der Waals surface area contributed by atoms with Crippen LogP contribution < -0.4 is 10.3 Å². The first kappa shape index (κ1) is 20.4. The summed E-state index contributed by atoms with van der Waals surface area (Å²) in [4.78, 5) is 18.4. The summed E-state index contributed by atoms with van der Waals surface area (Å²) < 4.78 is 34.3. The molecule has 6 heteroatoms. The Hall–Kier alpha value is -3.54. The van der Waals surface area contributed by atoms with Gasteiger partial charge in [-0.15, -0.1) is 0 Å². The molecular weight excluding hydrogens is 410 g/mol. The van der Waals surface area contributed by atoms with Crippen molar-refractivity contribution in [2.24, 2.45) is 5.92 Å². The van der Waals surface area contributed by atoms with Gasteiger partial charge in [-0.3, -0.25) is 9.36 Å². The van der Waals surface area contributed by atoms with Gasteiger partial charge in [-0.1, -0.05) is 18.6 Å². The van der Waals surface area contributed by atoms with Crippen LogP contribution in [0.15, 0.2) is 71.5 Å². The largest absolute Gasteiger partial charge is 0.457 e. The van der Waals surface area contributed by atoms with Gasteiger partial charge in [0.15, 0.2) is 0 Å². The molecule has 1 atom stereocenters. The fourth-order valence-electron chi connectivity index (χ4n) is 4.37. The predicted molar refractivity (Wildman–Crippen MR) is 119 cm³/mol. The fourth-order valence-corrected chi connectivity index (χ4v) is 4.37. The first-order valence-corrected chi connectivity index (χ1v) is 10.7. The zero-order valence-electron chi connectivity index (χ0n) is 17.6. The Balaban J connectivity index is 1.60. The van der Waals surface area contributed by atoms with Gasteiger partial charge in [0.25, 0.3) is 5.56 Å².